The number of Topliss-reactive ketones (excluding diaryl/α,β-unsaturated/α-hetero) is 1. The molecule has 1 aromatic carbocycles. The third kappa shape index (κ3) is 8.07. The van der Waals surface area contributed by atoms with Gasteiger partial charge in [0.05, 0.1) is 6.33 Å². The van der Waals surface area contributed by atoms with Gasteiger partial charge in [-0.25, -0.2) is 9.78 Å². The molecule has 41 heavy (non-hydrogen) atoms. The van der Waals surface area contributed by atoms with E-state index in [0.717, 1.165) is 43.4 Å². The molecule has 1 saturated heterocycles. The van der Waals surface area contributed by atoms with Crippen LogP contribution in [-0.2, 0) is 22.4 Å². The Hall–Kier alpha value is -2.52. The van der Waals surface area contributed by atoms with Crippen LogP contribution in [-0.4, -0.2) is 62.6 Å². The summed E-state index contributed by atoms with van der Waals surface area (Å²) in [5.74, 6) is 0.649. The number of aromatic amines is 1. The highest BCUT2D eigenvalue weighted by atomic mass is 35.5. The molecule has 8 nitrogen and oxygen atoms in total. The highest BCUT2D eigenvalue weighted by molar-refractivity contribution is 7.78. The van der Waals surface area contributed by atoms with Crippen molar-refractivity contribution in [3.63, 3.8) is 0 Å². The van der Waals surface area contributed by atoms with Gasteiger partial charge < -0.3 is 15.2 Å². The number of aromatic nitrogens is 2. The average molecular weight is 602 g/mol. The van der Waals surface area contributed by atoms with Crippen molar-refractivity contribution >= 4 is 42.1 Å². The number of likely N-dealkylation sites (tertiary alicyclic amines) is 1. The van der Waals surface area contributed by atoms with Crippen molar-refractivity contribution in [3.8, 4) is 0 Å². The summed E-state index contributed by atoms with van der Waals surface area (Å²) in [6, 6.07) is 6.13. The largest absolute Gasteiger partial charge is 0.348 e. The molecule has 0 unspecified atom stereocenters. The minimum absolute atomic E-state index is 0.136. The number of aryl methyl sites for hydroxylation is 1. The van der Waals surface area contributed by atoms with E-state index in [9.17, 15) is 14.4 Å². The number of imidazole rings is 1. The maximum absolute atomic E-state index is 14.0. The molecule has 10 heteroatoms. The Morgan fingerprint density at radius 3 is 2.51 bits per heavy atom. The van der Waals surface area contributed by atoms with Gasteiger partial charge in [0.15, 0.2) is 0 Å². The van der Waals surface area contributed by atoms with Crippen LogP contribution in [0.15, 0.2) is 36.8 Å². The van der Waals surface area contributed by atoms with Gasteiger partial charge in [0.25, 0.3) is 0 Å². The Morgan fingerprint density at radius 1 is 1.17 bits per heavy atom. The Balaban J connectivity index is 1.44. The number of carbonyl (C=O) groups is 3. The van der Waals surface area contributed by atoms with Crippen LogP contribution in [0.3, 0.4) is 0 Å². The van der Waals surface area contributed by atoms with Gasteiger partial charge in [0.1, 0.15) is 11.8 Å². The van der Waals surface area contributed by atoms with Gasteiger partial charge in [-0.3, -0.25) is 13.9 Å². The molecule has 1 aliphatic heterocycles. The number of nitrogens with zero attached hydrogens (tertiary/aromatic N) is 3. The molecule has 3 amide bonds. The van der Waals surface area contributed by atoms with E-state index < -0.39 is 12.1 Å². The molecule has 4 rings (SSSR count). The second-order valence-corrected chi connectivity index (χ2v) is 12.5. The van der Waals surface area contributed by atoms with Crippen molar-refractivity contribution in [2.24, 2.45) is 11.3 Å². The quantitative estimate of drug-likeness (QED) is 0.205. The highest BCUT2D eigenvalue weighted by Gasteiger charge is 2.47. The number of benzene rings is 1. The first-order valence-corrected chi connectivity index (χ1v) is 15.9. The molecule has 2 fully saturated rings. The highest BCUT2D eigenvalue weighted by Crippen LogP contribution is 2.47. The summed E-state index contributed by atoms with van der Waals surface area (Å²) in [5.41, 5.74) is 1.57. The fraction of sp³-hybridized carbons (Fsp3) is 0.613. The monoisotopic (exact) mass is 601 g/mol. The van der Waals surface area contributed by atoms with E-state index >= 15 is 0 Å². The number of ketones is 1. The summed E-state index contributed by atoms with van der Waals surface area (Å²) in [4.78, 5) is 49.6. The molecular formula is C31H44ClN5O3S. The van der Waals surface area contributed by atoms with Crippen LogP contribution in [0.2, 0.25) is 5.02 Å². The van der Waals surface area contributed by atoms with Gasteiger partial charge in [-0.1, -0.05) is 62.7 Å². The molecule has 0 bridgehead atoms. The number of nitrogens with one attached hydrogen (secondary N) is 2. The van der Waals surface area contributed by atoms with Gasteiger partial charge >= 0.3 is 6.03 Å². The summed E-state index contributed by atoms with van der Waals surface area (Å²) in [6.45, 7) is 3.56. The number of rotatable bonds is 12. The molecule has 1 saturated carbocycles. The lowest BCUT2D eigenvalue weighted by Crippen LogP contribution is -2.55. The Morgan fingerprint density at radius 2 is 1.88 bits per heavy atom. The van der Waals surface area contributed by atoms with Crippen molar-refractivity contribution in [1.82, 2.24) is 24.5 Å². The van der Waals surface area contributed by atoms with Crippen LogP contribution < -0.4 is 5.32 Å². The third-order valence-corrected chi connectivity index (χ3v) is 9.68. The lowest BCUT2D eigenvalue weighted by Gasteiger charge is -2.47. The molecule has 0 spiro atoms. The first-order chi connectivity index (χ1) is 19.8. The number of amides is 3. The molecule has 2 aliphatic rings. The van der Waals surface area contributed by atoms with Crippen molar-refractivity contribution < 1.29 is 14.4 Å². The van der Waals surface area contributed by atoms with Crippen LogP contribution in [0.4, 0.5) is 4.79 Å². The van der Waals surface area contributed by atoms with Crippen LogP contribution >= 0.6 is 24.4 Å². The fourth-order valence-corrected chi connectivity index (χ4v) is 7.00. The van der Waals surface area contributed by atoms with Crippen molar-refractivity contribution in [2.75, 3.05) is 19.6 Å². The number of H-pyrrole nitrogens is 1. The van der Waals surface area contributed by atoms with Crippen LogP contribution in [0, 0.1) is 11.3 Å². The van der Waals surface area contributed by atoms with Gasteiger partial charge in [-0.2, -0.15) is 0 Å². The first kappa shape index (κ1) is 31.4. The van der Waals surface area contributed by atoms with Crippen LogP contribution in [0.5, 0.6) is 0 Å². The molecule has 0 radical (unpaired) electrons. The average Bonchev–Trinajstić information content (AvgIpc) is 3.52. The maximum atomic E-state index is 14.0. The van der Waals surface area contributed by atoms with E-state index in [1.54, 1.807) is 24.7 Å². The van der Waals surface area contributed by atoms with Gasteiger partial charge in [-0.15, -0.1) is 0 Å². The zero-order valence-electron chi connectivity index (χ0n) is 24.1. The molecule has 2 heterocycles. The molecule has 224 valence electrons. The summed E-state index contributed by atoms with van der Waals surface area (Å²) in [5, 5.41) is 3.52. The topological polar surface area (TPSA) is 98.4 Å². The minimum atomic E-state index is -0.791. The number of thiol groups is 1. The number of carbonyl (C=O) groups excluding carboxylic acids is 3. The van der Waals surface area contributed by atoms with Crippen LogP contribution in [0.1, 0.15) is 82.4 Å². The smallest absolute Gasteiger partial charge is 0.327 e. The third-order valence-electron chi connectivity index (χ3n) is 8.97. The Labute approximate surface area is 254 Å². The Kier molecular flexibility index (Phi) is 11.6. The minimum Gasteiger partial charge on any atom is -0.348 e. The van der Waals surface area contributed by atoms with E-state index in [-0.39, 0.29) is 11.3 Å². The van der Waals surface area contributed by atoms with Gasteiger partial charge in [-0.05, 0) is 68.6 Å². The first-order valence-electron chi connectivity index (χ1n) is 15.1. The summed E-state index contributed by atoms with van der Waals surface area (Å²) >= 11 is 10.6. The number of hydrogen-bond donors (Lipinski definition) is 3. The summed E-state index contributed by atoms with van der Waals surface area (Å²) in [7, 11) is 0. The molecule has 1 atom stereocenters. The number of hydrogen-bond acceptors (Lipinski definition) is 5. The second kappa shape index (κ2) is 15.1. The number of urea groups is 1. The van der Waals surface area contributed by atoms with E-state index in [2.05, 4.69) is 35.0 Å². The molecule has 2 N–H and O–H groups in total. The summed E-state index contributed by atoms with van der Waals surface area (Å²) in [6.07, 6.45) is 13.9. The van der Waals surface area contributed by atoms with E-state index in [0.29, 0.717) is 62.0 Å². The Bertz CT molecular complexity index is 1130. The fourth-order valence-electron chi connectivity index (χ4n) is 6.62. The van der Waals surface area contributed by atoms with E-state index in [1.807, 2.05) is 17.0 Å². The molecular weight excluding hydrogens is 558 g/mol. The standard InChI is InChI=1S/C31H44ClN5O3S/c1-2-7-28(38)31(24-8-4-3-5-9-24)15-18-36(19-16-31)29(39)27(20-23-11-13-25(32)14-12-23)37(41)30(40)34-17-6-10-26-21-33-22-35-26/h11-14,21-22,24,27,41H,2-10,15-20H2,1H3,(H,33,35)(H,34,40)/t27-/m1/s1. The van der Waals surface area contributed by atoms with E-state index in [4.69, 9.17) is 11.6 Å². The normalized spacial score (nSPS) is 18.1. The van der Waals surface area contributed by atoms with Gasteiger partial charge in [0, 0.05) is 54.8 Å². The molecule has 2 aromatic rings. The lowest BCUT2D eigenvalue weighted by molar-refractivity contribution is -0.145. The van der Waals surface area contributed by atoms with Crippen LogP contribution in [0.25, 0.3) is 0 Å². The SMILES string of the molecule is CCCC(=O)C1(C2CCCCC2)CCN(C(=O)[C@@H](Cc2ccc(Cl)cc2)N(S)C(=O)NCCCc2cnc[nH]2)CC1. The predicted octanol–water partition coefficient (Wildman–Crippen LogP) is 6.02. The maximum Gasteiger partial charge on any atom is 0.327 e. The number of piperidine rings is 1. The predicted molar refractivity (Wildman–Crippen MR) is 165 cm³/mol. The van der Waals surface area contributed by atoms with Gasteiger partial charge in [0.2, 0.25) is 5.91 Å². The summed E-state index contributed by atoms with van der Waals surface area (Å²) < 4.78 is 1.23. The molecule has 1 aliphatic carbocycles. The van der Waals surface area contributed by atoms with Crippen molar-refractivity contribution in [2.45, 2.75) is 90.0 Å². The second-order valence-electron chi connectivity index (χ2n) is 11.6. The van der Waals surface area contributed by atoms with Crippen molar-refractivity contribution in [1.29, 1.82) is 0 Å². The number of halogens is 1. The molecule has 1 aromatic heterocycles. The van der Waals surface area contributed by atoms with E-state index in [1.165, 1.54) is 23.6 Å². The lowest BCUT2D eigenvalue weighted by atomic mass is 9.61. The zero-order chi connectivity index (χ0) is 29.2. The zero-order valence-corrected chi connectivity index (χ0v) is 25.8. The van der Waals surface area contributed by atoms with Crippen molar-refractivity contribution in [3.05, 3.63) is 53.1 Å².